The standard InChI is InChI=1S/C21H29NO2/c1-5-19(22-14-16(2)3)18-11-12-20(21(13-18)23-4)24-15-17-9-7-6-8-10-17/h6-13,16,19,22H,5,14-15H2,1-4H3. The van der Waals surface area contributed by atoms with Gasteiger partial charge in [-0.25, -0.2) is 0 Å². The second-order valence-electron chi connectivity index (χ2n) is 6.45. The van der Waals surface area contributed by atoms with Crippen molar-refractivity contribution in [1.29, 1.82) is 0 Å². The van der Waals surface area contributed by atoms with Crippen molar-refractivity contribution < 1.29 is 9.47 Å². The molecule has 0 saturated heterocycles. The quantitative estimate of drug-likeness (QED) is 0.705. The highest BCUT2D eigenvalue weighted by Crippen LogP contribution is 2.31. The second-order valence-corrected chi connectivity index (χ2v) is 6.45. The maximum absolute atomic E-state index is 5.94. The first kappa shape index (κ1) is 18.3. The van der Waals surface area contributed by atoms with E-state index in [-0.39, 0.29) is 0 Å². The third kappa shape index (κ3) is 5.27. The highest BCUT2D eigenvalue weighted by Gasteiger charge is 2.13. The van der Waals surface area contributed by atoms with E-state index in [1.165, 1.54) is 5.56 Å². The fourth-order valence-electron chi connectivity index (χ4n) is 2.63. The van der Waals surface area contributed by atoms with Gasteiger partial charge in [-0.3, -0.25) is 0 Å². The van der Waals surface area contributed by atoms with Crippen molar-refractivity contribution in [2.24, 2.45) is 5.92 Å². The summed E-state index contributed by atoms with van der Waals surface area (Å²) in [6.45, 7) is 8.19. The molecule has 3 nitrogen and oxygen atoms in total. The van der Waals surface area contributed by atoms with Crippen LogP contribution >= 0.6 is 0 Å². The fourth-order valence-corrected chi connectivity index (χ4v) is 2.63. The summed E-state index contributed by atoms with van der Waals surface area (Å²) in [5.74, 6) is 2.20. The minimum Gasteiger partial charge on any atom is -0.493 e. The Morgan fingerprint density at radius 3 is 2.38 bits per heavy atom. The lowest BCUT2D eigenvalue weighted by atomic mass is 10.0. The van der Waals surface area contributed by atoms with Gasteiger partial charge in [-0.1, -0.05) is 57.2 Å². The van der Waals surface area contributed by atoms with Crippen molar-refractivity contribution >= 4 is 0 Å². The Morgan fingerprint density at radius 2 is 1.75 bits per heavy atom. The Morgan fingerprint density at radius 1 is 1.00 bits per heavy atom. The maximum Gasteiger partial charge on any atom is 0.161 e. The molecule has 0 aliphatic rings. The minimum atomic E-state index is 0.337. The van der Waals surface area contributed by atoms with E-state index in [1.54, 1.807) is 7.11 Å². The van der Waals surface area contributed by atoms with E-state index in [1.807, 2.05) is 24.3 Å². The molecule has 0 fully saturated rings. The van der Waals surface area contributed by atoms with Gasteiger partial charge in [0.2, 0.25) is 0 Å². The van der Waals surface area contributed by atoms with Crippen molar-refractivity contribution in [3.8, 4) is 11.5 Å². The predicted molar refractivity (Wildman–Crippen MR) is 99.6 cm³/mol. The largest absolute Gasteiger partial charge is 0.493 e. The monoisotopic (exact) mass is 327 g/mol. The molecule has 0 spiro atoms. The third-order valence-corrected chi connectivity index (χ3v) is 4.01. The molecule has 0 heterocycles. The summed E-state index contributed by atoms with van der Waals surface area (Å²) in [6, 6.07) is 16.7. The molecular formula is C21H29NO2. The van der Waals surface area contributed by atoms with Gasteiger partial charge < -0.3 is 14.8 Å². The molecule has 0 saturated carbocycles. The SMILES string of the molecule is CCC(NCC(C)C)c1ccc(OCc2ccccc2)c(OC)c1. The average molecular weight is 327 g/mol. The van der Waals surface area contributed by atoms with Crippen LogP contribution in [0, 0.1) is 5.92 Å². The molecule has 0 amide bonds. The summed E-state index contributed by atoms with van der Waals surface area (Å²) in [5, 5.41) is 3.62. The number of ether oxygens (including phenoxy) is 2. The van der Waals surface area contributed by atoms with Crippen molar-refractivity contribution in [2.75, 3.05) is 13.7 Å². The zero-order valence-electron chi connectivity index (χ0n) is 15.2. The van der Waals surface area contributed by atoms with Crippen molar-refractivity contribution in [3.63, 3.8) is 0 Å². The average Bonchev–Trinajstić information content (AvgIpc) is 2.61. The Bertz CT molecular complexity index is 610. The molecule has 130 valence electrons. The molecule has 1 atom stereocenters. The summed E-state index contributed by atoms with van der Waals surface area (Å²) in [5.41, 5.74) is 2.38. The minimum absolute atomic E-state index is 0.337. The smallest absolute Gasteiger partial charge is 0.161 e. The van der Waals surface area contributed by atoms with Crippen molar-refractivity contribution in [3.05, 3.63) is 59.7 Å². The summed E-state index contributed by atoms with van der Waals surface area (Å²) < 4.78 is 11.5. The Balaban J connectivity index is 2.08. The Labute approximate surface area is 146 Å². The van der Waals surface area contributed by atoms with Gasteiger partial charge in [0.05, 0.1) is 7.11 Å². The zero-order valence-corrected chi connectivity index (χ0v) is 15.2. The molecule has 2 aromatic carbocycles. The van der Waals surface area contributed by atoms with Crippen LogP contribution in [0.3, 0.4) is 0 Å². The lowest BCUT2D eigenvalue weighted by Gasteiger charge is -2.20. The van der Waals surface area contributed by atoms with E-state index in [0.717, 1.165) is 30.0 Å². The van der Waals surface area contributed by atoms with Crippen molar-refractivity contribution in [2.45, 2.75) is 39.8 Å². The van der Waals surface area contributed by atoms with Gasteiger partial charge in [-0.05, 0) is 42.1 Å². The first-order valence-corrected chi connectivity index (χ1v) is 8.72. The molecule has 0 aliphatic carbocycles. The molecule has 24 heavy (non-hydrogen) atoms. The van der Waals surface area contributed by atoms with Gasteiger partial charge >= 0.3 is 0 Å². The molecule has 1 N–H and O–H groups in total. The molecular weight excluding hydrogens is 298 g/mol. The summed E-state index contributed by atoms with van der Waals surface area (Å²) in [4.78, 5) is 0. The second kappa shape index (κ2) is 9.33. The molecule has 1 unspecified atom stereocenters. The molecule has 2 aromatic rings. The van der Waals surface area contributed by atoms with Gasteiger partial charge in [-0.15, -0.1) is 0 Å². The lowest BCUT2D eigenvalue weighted by molar-refractivity contribution is 0.284. The summed E-state index contributed by atoms with van der Waals surface area (Å²) in [7, 11) is 1.69. The number of nitrogens with one attached hydrogen (secondary N) is 1. The number of rotatable bonds is 9. The van der Waals surface area contributed by atoms with Gasteiger partial charge in [0.25, 0.3) is 0 Å². The van der Waals surface area contributed by atoms with Crippen LogP contribution in [0.15, 0.2) is 48.5 Å². The van der Waals surface area contributed by atoms with Crippen LogP contribution in [0.4, 0.5) is 0 Å². The van der Waals surface area contributed by atoms with Gasteiger partial charge in [0, 0.05) is 6.04 Å². The fraction of sp³-hybridized carbons (Fsp3) is 0.429. The third-order valence-electron chi connectivity index (χ3n) is 4.01. The number of benzene rings is 2. The van der Waals surface area contributed by atoms with Gasteiger partial charge in [-0.2, -0.15) is 0 Å². The molecule has 0 aromatic heterocycles. The molecule has 2 rings (SSSR count). The number of hydrogen-bond acceptors (Lipinski definition) is 3. The van der Waals surface area contributed by atoms with E-state index in [2.05, 4.69) is 50.4 Å². The molecule has 0 radical (unpaired) electrons. The Hall–Kier alpha value is -2.00. The highest BCUT2D eigenvalue weighted by atomic mass is 16.5. The van der Waals surface area contributed by atoms with E-state index >= 15 is 0 Å². The zero-order chi connectivity index (χ0) is 17.4. The van der Waals surface area contributed by atoms with Crippen LogP contribution in [-0.4, -0.2) is 13.7 Å². The first-order valence-electron chi connectivity index (χ1n) is 8.72. The van der Waals surface area contributed by atoms with Crippen LogP contribution in [0.2, 0.25) is 0 Å². The number of hydrogen-bond donors (Lipinski definition) is 1. The first-order chi connectivity index (χ1) is 11.6. The van der Waals surface area contributed by atoms with Crippen LogP contribution < -0.4 is 14.8 Å². The van der Waals surface area contributed by atoms with E-state index in [9.17, 15) is 0 Å². The predicted octanol–water partition coefficient (Wildman–Crippen LogP) is 4.97. The van der Waals surface area contributed by atoms with Gasteiger partial charge in [0.15, 0.2) is 11.5 Å². The van der Waals surface area contributed by atoms with E-state index < -0.39 is 0 Å². The molecule has 0 aliphatic heterocycles. The summed E-state index contributed by atoms with van der Waals surface area (Å²) >= 11 is 0. The van der Waals surface area contributed by atoms with Crippen LogP contribution in [-0.2, 0) is 6.61 Å². The van der Waals surface area contributed by atoms with Gasteiger partial charge in [0.1, 0.15) is 6.61 Å². The van der Waals surface area contributed by atoms with Crippen LogP contribution in [0.5, 0.6) is 11.5 Å². The van der Waals surface area contributed by atoms with Crippen molar-refractivity contribution in [1.82, 2.24) is 5.32 Å². The van der Waals surface area contributed by atoms with E-state index in [0.29, 0.717) is 18.6 Å². The lowest BCUT2D eigenvalue weighted by Crippen LogP contribution is -2.25. The van der Waals surface area contributed by atoms with Crippen LogP contribution in [0.25, 0.3) is 0 Å². The highest BCUT2D eigenvalue weighted by molar-refractivity contribution is 5.44. The molecule has 3 heteroatoms. The normalized spacial score (nSPS) is 12.2. The summed E-state index contributed by atoms with van der Waals surface area (Å²) in [6.07, 6.45) is 1.04. The van der Waals surface area contributed by atoms with E-state index in [4.69, 9.17) is 9.47 Å². The molecule has 0 bridgehead atoms. The number of methoxy groups -OCH3 is 1. The topological polar surface area (TPSA) is 30.5 Å². The Kier molecular flexibility index (Phi) is 7.13. The maximum atomic E-state index is 5.94. The van der Waals surface area contributed by atoms with Crippen LogP contribution in [0.1, 0.15) is 44.4 Å².